The monoisotopic (exact) mass is 320 g/mol. The number of rotatable bonds is 8. The number of hydrogen-bond acceptors (Lipinski definition) is 4. The fourth-order valence-corrected chi connectivity index (χ4v) is 2.81. The highest BCUT2D eigenvalue weighted by Gasteiger charge is 2.20. The van der Waals surface area contributed by atoms with Gasteiger partial charge in [0.15, 0.2) is 0 Å². The lowest BCUT2D eigenvalue weighted by Gasteiger charge is -2.34. The van der Waals surface area contributed by atoms with E-state index >= 15 is 0 Å². The smallest absolute Gasteiger partial charge is 0.250 e. The quantitative estimate of drug-likeness (QED) is 0.723. The number of nitrogens with one attached hydrogen (secondary N) is 1. The van der Waals surface area contributed by atoms with E-state index in [1.165, 1.54) is 0 Å². The average Bonchev–Trinajstić information content (AvgIpc) is 2.59. The SMILES string of the molecule is CCCCOCC(=O)Nc1ccccc1N1CCC(CO)CC1. The number of carbonyl (C=O) groups is 1. The molecule has 1 aromatic rings. The molecule has 0 atom stereocenters. The Morgan fingerprint density at radius 1 is 1.35 bits per heavy atom. The second-order valence-electron chi connectivity index (χ2n) is 6.08. The van der Waals surface area contributed by atoms with Gasteiger partial charge in [-0.15, -0.1) is 0 Å². The summed E-state index contributed by atoms with van der Waals surface area (Å²) in [5, 5.41) is 12.2. The van der Waals surface area contributed by atoms with Crippen molar-refractivity contribution in [2.45, 2.75) is 32.6 Å². The van der Waals surface area contributed by atoms with E-state index in [0.29, 0.717) is 12.5 Å². The highest BCUT2D eigenvalue weighted by atomic mass is 16.5. The van der Waals surface area contributed by atoms with Gasteiger partial charge in [-0.2, -0.15) is 0 Å². The van der Waals surface area contributed by atoms with Crippen molar-refractivity contribution in [3.8, 4) is 0 Å². The first-order valence-corrected chi connectivity index (χ1v) is 8.57. The highest BCUT2D eigenvalue weighted by Crippen LogP contribution is 2.29. The summed E-state index contributed by atoms with van der Waals surface area (Å²) < 4.78 is 5.37. The fourth-order valence-electron chi connectivity index (χ4n) is 2.81. The third kappa shape index (κ3) is 5.52. The maximum Gasteiger partial charge on any atom is 0.250 e. The zero-order valence-corrected chi connectivity index (χ0v) is 14.0. The van der Waals surface area contributed by atoms with Crippen LogP contribution in [0.5, 0.6) is 0 Å². The summed E-state index contributed by atoms with van der Waals surface area (Å²) in [5.41, 5.74) is 1.88. The van der Waals surface area contributed by atoms with Crippen LogP contribution in [0.4, 0.5) is 11.4 Å². The van der Waals surface area contributed by atoms with E-state index in [-0.39, 0.29) is 19.1 Å². The van der Waals surface area contributed by atoms with Crippen molar-refractivity contribution in [1.82, 2.24) is 0 Å². The molecule has 1 aliphatic rings. The van der Waals surface area contributed by atoms with Gasteiger partial charge < -0.3 is 20.1 Å². The number of ether oxygens (including phenoxy) is 1. The minimum atomic E-state index is -0.112. The van der Waals surface area contributed by atoms with Gasteiger partial charge in [0.2, 0.25) is 5.91 Å². The molecule has 0 saturated carbocycles. The molecule has 0 aromatic heterocycles. The van der Waals surface area contributed by atoms with Crippen molar-refractivity contribution in [2.24, 2.45) is 5.92 Å². The zero-order valence-electron chi connectivity index (χ0n) is 14.0. The fraction of sp³-hybridized carbons (Fsp3) is 0.611. The van der Waals surface area contributed by atoms with Crippen LogP contribution in [0.15, 0.2) is 24.3 Å². The van der Waals surface area contributed by atoms with Crippen molar-refractivity contribution in [1.29, 1.82) is 0 Å². The lowest BCUT2D eigenvalue weighted by atomic mass is 9.97. The summed E-state index contributed by atoms with van der Waals surface area (Å²) in [5.74, 6) is 0.291. The molecule has 5 nitrogen and oxygen atoms in total. The minimum absolute atomic E-state index is 0.0981. The number of para-hydroxylation sites is 2. The van der Waals surface area contributed by atoms with Gasteiger partial charge in [-0.05, 0) is 37.3 Å². The number of amides is 1. The molecule has 1 heterocycles. The number of aliphatic hydroxyl groups excluding tert-OH is 1. The first kappa shape index (κ1) is 17.8. The predicted octanol–water partition coefficient (Wildman–Crippen LogP) is 2.65. The van der Waals surface area contributed by atoms with Gasteiger partial charge in [0.1, 0.15) is 6.61 Å². The molecule has 1 amide bonds. The number of anilines is 2. The van der Waals surface area contributed by atoms with Gasteiger partial charge in [0, 0.05) is 26.3 Å². The van der Waals surface area contributed by atoms with Gasteiger partial charge in [0.05, 0.1) is 11.4 Å². The Kier molecular flexibility index (Phi) is 7.36. The third-order valence-electron chi connectivity index (χ3n) is 4.27. The van der Waals surface area contributed by atoms with Gasteiger partial charge in [-0.1, -0.05) is 25.5 Å². The summed E-state index contributed by atoms with van der Waals surface area (Å²) in [6.07, 6.45) is 4.01. The van der Waals surface area contributed by atoms with Gasteiger partial charge >= 0.3 is 0 Å². The topological polar surface area (TPSA) is 61.8 Å². The standard InChI is InChI=1S/C18H28N2O3/c1-2-3-12-23-14-18(22)19-16-6-4-5-7-17(16)20-10-8-15(13-21)9-11-20/h4-7,15,21H,2-3,8-14H2,1H3,(H,19,22). The molecule has 0 unspecified atom stereocenters. The number of aliphatic hydroxyl groups is 1. The normalized spacial score (nSPS) is 15.7. The van der Waals surface area contributed by atoms with Crippen LogP contribution >= 0.6 is 0 Å². The molecule has 2 N–H and O–H groups in total. The van der Waals surface area contributed by atoms with Crippen LogP contribution in [0.1, 0.15) is 32.6 Å². The molecular weight excluding hydrogens is 292 g/mol. The minimum Gasteiger partial charge on any atom is -0.396 e. The Balaban J connectivity index is 1.91. The highest BCUT2D eigenvalue weighted by molar-refractivity contribution is 5.95. The van der Waals surface area contributed by atoms with Crippen molar-refractivity contribution < 1.29 is 14.6 Å². The van der Waals surface area contributed by atoms with E-state index in [2.05, 4.69) is 17.1 Å². The molecular formula is C18H28N2O3. The Morgan fingerprint density at radius 2 is 2.09 bits per heavy atom. The summed E-state index contributed by atoms with van der Waals surface area (Å²) in [6.45, 7) is 4.90. The number of nitrogens with zero attached hydrogens (tertiary/aromatic N) is 1. The molecule has 0 bridgehead atoms. The lowest BCUT2D eigenvalue weighted by Crippen LogP contribution is -2.35. The van der Waals surface area contributed by atoms with Crippen LogP contribution in [-0.4, -0.2) is 43.9 Å². The lowest BCUT2D eigenvalue weighted by molar-refractivity contribution is -0.120. The third-order valence-corrected chi connectivity index (χ3v) is 4.27. The number of hydrogen-bond donors (Lipinski definition) is 2. The maximum atomic E-state index is 12.0. The summed E-state index contributed by atoms with van der Waals surface area (Å²) >= 11 is 0. The van der Waals surface area contributed by atoms with Crippen LogP contribution in [0.2, 0.25) is 0 Å². The predicted molar refractivity (Wildman–Crippen MR) is 92.8 cm³/mol. The van der Waals surface area contributed by atoms with E-state index in [1.807, 2.05) is 24.3 Å². The van der Waals surface area contributed by atoms with Crippen LogP contribution in [0.3, 0.4) is 0 Å². The van der Waals surface area contributed by atoms with Crippen molar-refractivity contribution in [3.63, 3.8) is 0 Å². The summed E-state index contributed by atoms with van der Waals surface area (Å²) in [6, 6.07) is 7.88. The molecule has 1 aliphatic heterocycles. The molecule has 5 heteroatoms. The molecule has 23 heavy (non-hydrogen) atoms. The van der Waals surface area contributed by atoms with Crippen LogP contribution in [-0.2, 0) is 9.53 Å². The summed E-state index contributed by atoms with van der Waals surface area (Å²) in [7, 11) is 0. The Labute approximate surface area is 138 Å². The number of benzene rings is 1. The van der Waals surface area contributed by atoms with Crippen molar-refractivity contribution >= 4 is 17.3 Å². The number of piperidine rings is 1. The van der Waals surface area contributed by atoms with Crippen LogP contribution in [0, 0.1) is 5.92 Å². The first-order chi connectivity index (χ1) is 11.2. The maximum absolute atomic E-state index is 12.0. The van der Waals surface area contributed by atoms with Crippen LogP contribution in [0.25, 0.3) is 0 Å². The Hall–Kier alpha value is -1.59. The van der Waals surface area contributed by atoms with Crippen LogP contribution < -0.4 is 10.2 Å². The molecule has 1 saturated heterocycles. The largest absolute Gasteiger partial charge is 0.396 e. The molecule has 0 spiro atoms. The van der Waals surface area contributed by atoms with Gasteiger partial charge in [-0.3, -0.25) is 4.79 Å². The second kappa shape index (κ2) is 9.53. The average molecular weight is 320 g/mol. The molecule has 128 valence electrons. The van der Waals surface area contributed by atoms with Gasteiger partial charge in [-0.25, -0.2) is 0 Å². The Morgan fingerprint density at radius 3 is 2.78 bits per heavy atom. The van der Waals surface area contributed by atoms with E-state index in [0.717, 1.165) is 50.1 Å². The van der Waals surface area contributed by atoms with Crippen molar-refractivity contribution in [2.75, 3.05) is 43.1 Å². The zero-order chi connectivity index (χ0) is 16.5. The summed E-state index contributed by atoms with van der Waals surface area (Å²) in [4.78, 5) is 14.3. The number of carbonyl (C=O) groups excluding carboxylic acids is 1. The molecule has 0 aliphatic carbocycles. The van der Waals surface area contributed by atoms with E-state index in [1.54, 1.807) is 0 Å². The number of unbranched alkanes of at least 4 members (excludes halogenated alkanes) is 1. The van der Waals surface area contributed by atoms with E-state index in [9.17, 15) is 9.90 Å². The Bertz CT molecular complexity index is 485. The molecule has 1 aromatic carbocycles. The molecule has 1 fully saturated rings. The van der Waals surface area contributed by atoms with Gasteiger partial charge in [0.25, 0.3) is 0 Å². The van der Waals surface area contributed by atoms with Crippen molar-refractivity contribution in [3.05, 3.63) is 24.3 Å². The second-order valence-corrected chi connectivity index (χ2v) is 6.08. The molecule has 2 rings (SSSR count). The van der Waals surface area contributed by atoms with E-state index in [4.69, 9.17) is 4.74 Å². The molecule has 0 radical (unpaired) electrons. The van der Waals surface area contributed by atoms with E-state index < -0.39 is 0 Å². The first-order valence-electron chi connectivity index (χ1n) is 8.57.